The predicted molar refractivity (Wildman–Crippen MR) is 79.3 cm³/mol. The van der Waals surface area contributed by atoms with Crippen molar-refractivity contribution in [2.24, 2.45) is 4.99 Å². The van der Waals surface area contributed by atoms with Crippen LogP contribution in [0.3, 0.4) is 0 Å². The summed E-state index contributed by atoms with van der Waals surface area (Å²) < 4.78 is 4.59. The van der Waals surface area contributed by atoms with Gasteiger partial charge in [-0.2, -0.15) is 0 Å². The number of nitrogens with zero attached hydrogens (tertiary/aromatic N) is 1. The molecule has 19 heavy (non-hydrogen) atoms. The van der Waals surface area contributed by atoms with Gasteiger partial charge in [-0.3, -0.25) is 9.79 Å². The third kappa shape index (κ3) is 11.3. The normalized spacial score (nSPS) is 10.9. The highest BCUT2D eigenvalue weighted by Gasteiger charge is 1.99. The molecule has 0 saturated heterocycles. The van der Waals surface area contributed by atoms with Crippen molar-refractivity contribution in [3.05, 3.63) is 12.7 Å². The Bertz CT molecular complexity index is 278. The van der Waals surface area contributed by atoms with E-state index in [0.29, 0.717) is 13.0 Å². The Morgan fingerprint density at radius 2 is 2.00 bits per heavy atom. The first kappa shape index (κ1) is 17.5. The number of methoxy groups -OCH3 is 1. The van der Waals surface area contributed by atoms with Crippen molar-refractivity contribution in [2.75, 3.05) is 26.7 Å². The van der Waals surface area contributed by atoms with Crippen molar-refractivity contribution in [3.8, 4) is 0 Å². The molecule has 5 heteroatoms. The molecule has 0 aromatic rings. The summed E-state index contributed by atoms with van der Waals surface area (Å²) in [6.07, 6.45) is 6.38. The number of nitrogens with one attached hydrogen (secondary N) is 2. The topological polar surface area (TPSA) is 62.7 Å². The zero-order chi connectivity index (χ0) is 14.3. The molecular formula is C14H27N3O2. The molecule has 0 unspecified atom stereocenters. The number of carbonyl (C=O) groups is 1. The van der Waals surface area contributed by atoms with Crippen molar-refractivity contribution in [2.45, 2.75) is 39.0 Å². The van der Waals surface area contributed by atoms with Crippen LogP contribution in [0.15, 0.2) is 17.6 Å². The average molecular weight is 269 g/mol. The van der Waals surface area contributed by atoms with Crippen molar-refractivity contribution >= 4 is 11.9 Å². The molecule has 0 spiro atoms. The van der Waals surface area contributed by atoms with E-state index >= 15 is 0 Å². The van der Waals surface area contributed by atoms with Crippen LogP contribution in [0.4, 0.5) is 0 Å². The minimum atomic E-state index is -0.124. The number of ether oxygens (including phenoxy) is 1. The lowest BCUT2D eigenvalue weighted by Gasteiger charge is -2.09. The molecule has 0 heterocycles. The van der Waals surface area contributed by atoms with Crippen LogP contribution in [-0.2, 0) is 9.53 Å². The molecule has 0 fully saturated rings. The first-order chi connectivity index (χ1) is 9.24. The first-order valence-corrected chi connectivity index (χ1v) is 6.94. The second-order valence-electron chi connectivity index (χ2n) is 4.17. The smallest absolute Gasteiger partial charge is 0.305 e. The standard InChI is InChI=1S/C14H27N3O2/c1-4-11-16-14(15-5-2)17-12-9-7-6-8-10-13(18)19-3/h4H,1,5-12H2,2-3H3,(H2,15,16,17). The van der Waals surface area contributed by atoms with E-state index in [1.54, 1.807) is 6.08 Å². The molecule has 0 aliphatic carbocycles. The number of unbranched alkanes of at least 4 members (excludes halogenated alkanes) is 3. The fourth-order valence-electron chi connectivity index (χ4n) is 1.54. The summed E-state index contributed by atoms with van der Waals surface area (Å²) in [5.74, 6) is 0.707. The number of rotatable bonds is 10. The van der Waals surface area contributed by atoms with Crippen LogP contribution in [-0.4, -0.2) is 38.7 Å². The molecule has 0 saturated carbocycles. The fraction of sp³-hybridized carbons (Fsp3) is 0.714. The monoisotopic (exact) mass is 269 g/mol. The van der Waals surface area contributed by atoms with Crippen LogP contribution in [0.25, 0.3) is 0 Å². The summed E-state index contributed by atoms with van der Waals surface area (Å²) >= 11 is 0. The Kier molecular flexibility index (Phi) is 11.9. The van der Waals surface area contributed by atoms with Crippen LogP contribution in [0.1, 0.15) is 39.0 Å². The number of hydrogen-bond acceptors (Lipinski definition) is 3. The third-order valence-electron chi connectivity index (χ3n) is 2.54. The fourth-order valence-corrected chi connectivity index (χ4v) is 1.54. The minimum absolute atomic E-state index is 0.124. The SMILES string of the molecule is C=CCNC(=NCCCCCCC(=O)OC)NCC. The Hall–Kier alpha value is -1.52. The van der Waals surface area contributed by atoms with E-state index in [1.165, 1.54) is 7.11 Å². The zero-order valence-electron chi connectivity index (χ0n) is 12.2. The molecule has 0 atom stereocenters. The molecule has 0 bridgehead atoms. The Balaban J connectivity index is 3.61. The van der Waals surface area contributed by atoms with Gasteiger partial charge in [0.25, 0.3) is 0 Å². The highest BCUT2D eigenvalue weighted by Crippen LogP contribution is 2.03. The van der Waals surface area contributed by atoms with E-state index in [0.717, 1.165) is 44.7 Å². The third-order valence-corrected chi connectivity index (χ3v) is 2.54. The van der Waals surface area contributed by atoms with Gasteiger partial charge in [-0.05, 0) is 19.8 Å². The Morgan fingerprint density at radius 1 is 1.26 bits per heavy atom. The highest BCUT2D eigenvalue weighted by atomic mass is 16.5. The van der Waals surface area contributed by atoms with Crippen LogP contribution < -0.4 is 10.6 Å². The van der Waals surface area contributed by atoms with E-state index in [1.807, 2.05) is 6.92 Å². The minimum Gasteiger partial charge on any atom is -0.469 e. The molecule has 0 aromatic carbocycles. The summed E-state index contributed by atoms with van der Waals surface area (Å²) in [6.45, 7) is 8.06. The quantitative estimate of drug-likeness (QED) is 0.209. The summed E-state index contributed by atoms with van der Waals surface area (Å²) in [6, 6.07) is 0. The summed E-state index contributed by atoms with van der Waals surface area (Å²) in [7, 11) is 1.43. The molecular weight excluding hydrogens is 242 g/mol. The lowest BCUT2D eigenvalue weighted by molar-refractivity contribution is -0.140. The predicted octanol–water partition coefficient (Wildman–Crippen LogP) is 1.85. The molecule has 0 rings (SSSR count). The molecule has 0 aliphatic heterocycles. The summed E-state index contributed by atoms with van der Waals surface area (Å²) in [5.41, 5.74) is 0. The molecule has 0 radical (unpaired) electrons. The van der Waals surface area contributed by atoms with Gasteiger partial charge < -0.3 is 15.4 Å². The van der Waals surface area contributed by atoms with Crippen LogP contribution in [0.2, 0.25) is 0 Å². The second-order valence-corrected chi connectivity index (χ2v) is 4.17. The molecule has 0 aromatic heterocycles. The van der Waals surface area contributed by atoms with Gasteiger partial charge in [-0.25, -0.2) is 0 Å². The first-order valence-electron chi connectivity index (χ1n) is 6.94. The number of hydrogen-bond donors (Lipinski definition) is 2. The summed E-state index contributed by atoms with van der Waals surface area (Å²) in [4.78, 5) is 15.3. The number of aliphatic imine (C=N–C) groups is 1. The van der Waals surface area contributed by atoms with E-state index < -0.39 is 0 Å². The van der Waals surface area contributed by atoms with Crippen molar-refractivity contribution in [1.29, 1.82) is 0 Å². The van der Waals surface area contributed by atoms with Gasteiger partial charge in [-0.15, -0.1) is 6.58 Å². The molecule has 0 amide bonds. The lowest BCUT2D eigenvalue weighted by atomic mass is 10.1. The van der Waals surface area contributed by atoms with E-state index in [2.05, 4.69) is 26.9 Å². The number of guanidine groups is 1. The highest BCUT2D eigenvalue weighted by molar-refractivity contribution is 5.79. The summed E-state index contributed by atoms with van der Waals surface area (Å²) in [5, 5.41) is 6.33. The van der Waals surface area contributed by atoms with Gasteiger partial charge in [-0.1, -0.05) is 18.9 Å². The van der Waals surface area contributed by atoms with Crippen molar-refractivity contribution in [1.82, 2.24) is 10.6 Å². The largest absolute Gasteiger partial charge is 0.469 e. The molecule has 2 N–H and O–H groups in total. The van der Waals surface area contributed by atoms with E-state index in [9.17, 15) is 4.79 Å². The maximum Gasteiger partial charge on any atom is 0.305 e. The van der Waals surface area contributed by atoms with Crippen molar-refractivity contribution in [3.63, 3.8) is 0 Å². The van der Waals surface area contributed by atoms with E-state index in [4.69, 9.17) is 0 Å². The van der Waals surface area contributed by atoms with Gasteiger partial charge in [0.05, 0.1) is 7.11 Å². The Morgan fingerprint density at radius 3 is 2.63 bits per heavy atom. The maximum absolute atomic E-state index is 10.9. The second kappa shape index (κ2) is 12.9. The van der Waals surface area contributed by atoms with Crippen LogP contribution in [0, 0.1) is 0 Å². The van der Waals surface area contributed by atoms with Gasteiger partial charge in [0.2, 0.25) is 0 Å². The Labute approximate surface area is 116 Å². The molecule has 0 aliphatic rings. The van der Waals surface area contributed by atoms with E-state index in [-0.39, 0.29) is 5.97 Å². The van der Waals surface area contributed by atoms with Crippen LogP contribution >= 0.6 is 0 Å². The number of esters is 1. The van der Waals surface area contributed by atoms with Gasteiger partial charge in [0.15, 0.2) is 5.96 Å². The van der Waals surface area contributed by atoms with Crippen LogP contribution in [0.5, 0.6) is 0 Å². The maximum atomic E-state index is 10.9. The zero-order valence-corrected chi connectivity index (χ0v) is 12.2. The van der Waals surface area contributed by atoms with Crippen molar-refractivity contribution < 1.29 is 9.53 Å². The molecule has 110 valence electrons. The molecule has 5 nitrogen and oxygen atoms in total. The lowest BCUT2D eigenvalue weighted by Crippen LogP contribution is -2.37. The number of carbonyl (C=O) groups excluding carboxylic acids is 1. The van der Waals surface area contributed by atoms with Gasteiger partial charge >= 0.3 is 5.97 Å². The average Bonchev–Trinajstić information content (AvgIpc) is 2.43. The van der Waals surface area contributed by atoms with Gasteiger partial charge in [0, 0.05) is 26.1 Å². The van der Waals surface area contributed by atoms with Gasteiger partial charge in [0.1, 0.15) is 0 Å².